The van der Waals surface area contributed by atoms with Gasteiger partial charge < -0.3 is 10.6 Å². The number of nitrogens with zero attached hydrogens (tertiary/aromatic N) is 3. The monoisotopic (exact) mass is 271 g/mol. The highest BCUT2D eigenvalue weighted by Gasteiger charge is 2.09. The number of nitrogens with one attached hydrogen (secondary N) is 2. The van der Waals surface area contributed by atoms with Crippen molar-refractivity contribution in [1.82, 2.24) is 15.2 Å². The molecular weight excluding hydrogens is 254 g/mol. The van der Waals surface area contributed by atoms with Crippen LogP contribution in [-0.4, -0.2) is 27.6 Å². The lowest BCUT2D eigenvalue weighted by Crippen LogP contribution is -2.16. The summed E-state index contributed by atoms with van der Waals surface area (Å²) in [7, 11) is 0. The van der Waals surface area contributed by atoms with Crippen molar-refractivity contribution >= 4 is 17.5 Å². The summed E-state index contributed by atoms with van der Waals surface area (Å²) in [6.07, 6.45) is 1.00. The smallest absolute Gasteiger partial charge is 0.277 e. The molecular formula is C14H17N5O. The number of carbonyl (C=O) groups is 1. The molecule has 0 saturated carbocycles. The fraction of sp³-hybridized carbons (Fsp3) is 0.286. The molecule has 0 aliphatic heterocycles. The van der Waals surface area contributed by atoms with E-state index in [2.05, 4.69) is 32.7 Å². The number of carbonyl (C=O) groups excluding carboxylic acids is 1. The van der Waals surface area contributed by atoms with E-state index in [9.17, 15) is 4.79 Å². The molecule has 0 spiro atoms. The Hall–Kier alpha value is -2.50. The molecule has 0 bridgehead atoms. The summed E-state index contributed by atoms with van der Waals surface area (Å²) in [5.74, 6) is 0.847. The molecule has 0 saturated heterocycles. The summed E-state index contributed by atoms with van der Waals surface area (Å²) in [5.41, 5.74) is 1.10. The Morgan fingerprint density at radius 1 is 1.15 bits per heavy atom. The van der Waals surface area contributed by atoms with Crippen LogP contribution in [0.25, 0.3) is 0 Å². The molecule has 6 heteroatoms. The van der Waals surface area contributed by atoms with E-state index in [-0.39, 0.29) is 11.6 Å². The molecule has 0 atom stereocenters. The summed E-state index contributed by atoms with van der Waals surface area (Å²) in [4.78, 5) is 16.2. The lowest BCUT2D eigenvalue weighted by molar-refractivity contribution is 0.102. The molecule has 6 nitrogen and oxygen atoms in total. The molecule has 2 aromatic rings. The van der Waals surface area contributed by atoms with Gasteiger partial charge in [-0.2, -0.15) is 0 Å². The number of aromatic nitrogens is 3. The van der Waals surface area contributed by atoms with Crippen molar-refractivity contribution in [1.29, 1.82) is 0 Å². The van der Waals surface area contributed by atoms with Crippen LogP contribution in [0.15, 0.2) is 30.3 Å². The molecule has 0 radical (unpaired) electrons. The third-order valence-electron chi connectivity index (χ3n) is 2.58. The molecule has 2 rings (SSSR count). The van der Waals surface area contributed by atoms with Crippen LogP contribution >= 0.6 is 0 Å². The molecule has 0 aliphatic rings. The lowest BCUT2D eigenvalue weighted by atomic mass is 10.3. The normalized spacial score (nSPS) is 10.1. The minimum atomic E-state index is -0.322. The van der Waals surface area contributed by atoms with Crippen molar-refractivity contribution in [3.8, 4) is 0 Å². The Balaban J connectivity index is 2.02. The van der Waals surface area contributed by atoms with Gasteiger partial charge in [0.2, 0.25) is 0 Å². The molecule has 2 aromatic heterocycles. The van der Waals surface area contributed by atoms with Gasteiger partial charge >= 0.3 is 0 Å². The molecule has 2 N–H and O–H groups in total. The quantitative estimate of drug-likeness (QED) is 0.872. The van der Waals surface area contributed by atoms with Gasteiger partial charge in [0.1, 0.15) is 11.6 Å². The van der Waals surface area contributed by atoms with E-state index in [1.165, 1.54) is 0 Å². The highest BCUT2D eigenvalue weighted by Crippen LogP contribution is 2.07. The second-order valence-electron chi connectivity index (χ2n) is 4.35. The fourth-order valence-electron chi connectivity index (χ4n) is 1.59. The second-order valence-corrected chi connectivity index (χ2v) is 4.35. The van der Waals surface area contributed by atoms with Gasteiger partial charge in [-0.1, -0.05) is 13.0 Å². The van der Waals surface area contributed by atoms with Crippen molar-refractivity contribution in [3.63, 3.8) is 0 Å². The van der Waals surface area contributed by atoms with Crippen LogP contribution in [0.4, 0.5) is 11.6 Å². The average molecular weight is 271 g/mol. The minimum Gasteiger partial charge on any atom is -0.369 e. The van der Waals surface area contributed by atoms with E-state index in [4.69, 9.17) is 0 Å². The van der Waals surface area contributed by atoms with Crippen LogP contribution in [-0.2, 0) is 0 Å². The predicted octanol–water partition coefficient (Wildman–Crippen LogP) is 2.25. The summed E-state index contributed by atoms with van der Waals surface area (Å²) >= 11 is 0. The Kier molecular flexibility index (Phi) is 4.60. The van der Waals surface area contributed by atoms with E-state index < -0.39 is 0 Å². The van der Waals surface area contributed by atoms with Gasteiger partial charge in [0.25, 0.3) is 5.91 Å². The van der Waals surface area contributed by atoms with Crippen LogP contribution in [0.2, 0.25) is 0 Å². The third-order valence-corrected chi connectivity index (χ3v) is 2.58. The molecule has 0 fully saturated rings. The number of hydrogen-bond donors (Lipinski definition) is 2. The first-order valence-electron chi connectivity index (χ1n) is 6.51. The Morgan fingerprint density at radius 3 is 2.65 bits per heavy atom. The van der Waals surface area contributed by atoms with Crippen LogP contribution in [0, 0.1) is 6.92 Å². The number of aryl methyl sites for hydroxylation is 1. The maximum absolute atomic E-state index is 12.0. The topological polar surface area (TPSA) is 79.8 Å². The highest BCUT2D eigenvalue weighted by molar-refractivity contribution is 6.02. The van der Waals surface area contributed by atoms with Crippen LogP contribution in [0.5, 0.6) is 0 Å². The number of anilines is 2. The van der Waals surface area contributed by atoms with Gasteiger partial charge in [0.05, 0.1) is 0 Å². The molecule has 104 valence electrons. The molecule has 2 heterocycles. The van der Waals surface area contributed by atoms with Gasteiger partial charge in [0.15, 0.2) is 5.69 Å². The first-order chi connectivity index (χ1) is 9.69. The fourth-order valence-corrected chi connectivity index (χ4v) is 1.59. The van der Waals surface area contributed by atoms with E-state index in [1.54, 1.807) is 18.2 Å². The van der Waals surface area contributed by atoms with Crippen molar-refractivity contribution in [2.45, 2.75) is 20.3 Å². The molecule has 20 heavy (non-hydrogen) atoms. The standard InChI is InChI=1S/C14H17N5O/c1-3-9-15-12-8-7-11(18-19-12)14(20)17-13-6-4-5-10(2)16-13/h4-8H,3,9H2,1-2H3,(H,15,19)(H,16,17,20). The van der Waals surface area contributed by atoms with E-state index >= 15 is 0 Å². The minimum absolute atomic E-state index is 0.260. The molecule has 0 aliphatic carbocycles. The Bertz CT molecular complexity index is 582. The summed E-state index contributed by atoms with van der Waals surface area (Å²) < 4.78 is 0. The van der Waals surface area contributed by atoms with Crippen LogP contribution in [0.1, 0.15) is 29.5 Å². The van der Waals surface area contributed by atoms with Gasteiger partial charge in [0, 0.05) is 12.2 Å². The Labute approximate surface area is 117 Å². The largest absolute Gasteiger partial charge is 0.369 e. The van der Waals surface area contributed by atoms with Crippen molar-refractivity contribution < 1.29 is 4.79 Å². The average Bonchev–Trinajstić information content (AvgIpc) is 2.45. The highest BCUT2D eigenvalue weighted by atomic mass is 16.2. The maximum atomic E-state index is 12.0. The van der Waals surface area contributed by atoms with Crippen LogP contribution in [0.3, 0.4) is 0 Å². The first-order valence-corrected chi connectivity index (χ1v) is 6.51. The predicted molar refractivity (Wildman–Crippen MR) is 77.7 cm³/mol. The van der Waals surface area contributed by atoms with E-state index in [0.717, 1.165) is 18.7 Å². The van der Waals surface area contributed by atoms with E-state index in [0.29, 0.717) is 11.6 Å². The van der Waals surface area contributed by atoms with Gasteiger partial charge in [-0.25, -0.2) is 4.98 Å². The molecule has 0 unspecified atom stereocenters. The lowest BCUT2D eigenvalue weighted by Gasteiger charge is -2.05. The maximum Gasteiger partial charge on any atom is 0.277 e. The van der Waals surface area contributed by atoms with Crippen LogP contribution < -0.4 is 10.6 Å². The summed E-state index contributed by atoms with van der Waals surface area (Å²) in [5, 5.41) is 13.6. The second kappa shape index (κ2) is 6.60. The van der Waals surface area contributed by atoms with Crippen molar-refractivity contribution in [3.05, 3.63) is 41.7 Å². The van der Waals surface area contributed by atoms with Crippen molar-refractivity contribution in [2.24, 2.45) is 0 Å². The zero-order valence-corrected chi connectivity index (χ0v) is 11.6. The summed E-state index contributed by atoms with van der Waals surface area (Å²) in [6, 6.07) is 8.80. The number of pyridine rings is 1. The van der Waals surface area contributed by atoms with Crippen molar-refractivity contribution in [2.75, 3.05) is 17.2 Å². The third kappa shape index (κ3) is 3.74. The number of amides is 1. The van der Waals surface area contributed by atoms with Gasteiger partial charge in [-0.3, -0.25) is 4.79 Å². The zero-order chi connectivity index (χ0) is 14.4. The zero-order valence-electron chi connectivity index (χ0n) is 11.6. The first kappa shape index (κ1) is 13.9. The number of rotatable bonds is 5. The molecule has 1 amide bonds. The Morgan fingerprint density at radius 2 is 2.00 bits per heavy atom. The van der Waals surface area contributed by atoms with E-state index in [1.807, 2.05) is 19.1 Å². The SMILES string of the molecule is CCCNc1ccc(C(=O)Nc2cccc(C)n2)nn1. The van der Waals surface area contributed by atoms with Gasteiger partial charge in [-0.15, -0.1) is 10.2 Å². The number of hydrogen-bond acceptors (Lipinski definition) is 5. The molecule has 0 aromatic carbocycles. The van der Waals surface area contributed by atoms with Gasteiger partial charge in [-0.05, 0) is 37.6 Å². The summed E-state index contributed by atoms with van der Waals surface area (Å²) in [6.45, 7) is 4.76.